The average Bonchev–Trinajstić information content (AvgIpc) is 2.90. The number of likely N-dealkylation sites (N-methyl/N-ethyl adjacent to an activating group) is 1. The van der Waals surface area contributed by atoms with E-state index in [0.29, 0.717) is 0 Å². The maximum Gasteiger partial charge on any atom is 0.264 e. The Morgan fingerprint density at radius 3 is 2.22 bits per heavy atom. The van der Waals surface area contributed by atoms with Crippen LogP contribution in [0, 0.1) is 5.82 Å². The summed E-state index contributed by atoms with van der Waals surface area (Å²) in [4.78, 5) is 27.2. The molecule has 1 atom stereocenters. The van der Waals surface area contributed by atoms with Crippen LogP contribution in [0.1, 0.15) is 12.5 Å². The minimum absolute atomic E-state index is 0.0243. The zero-order valence-corrected chi connectivity index (χ0v) is 21.0. The number of methoxy groups -OCH3 is 1. The molecule has 0 fully saturated rings. The molecule has 0 saturated carbocycles. The molecule has 0 saturated heterocycles. The van der Waals surface area contributed by atoms with Gasteiger partial charge in [0.05, 0.1) is 17.7 Å². The number of carbonyl (C=O) groups excluding carboxylic acids is 2. The fourth-order valence-corrected chi connectivity index (χ4v) is 5.12. The van der Waals surface area contributed by atoms with Crippen molar-refractivity contribution in [1.29, 1.82) is 0 Å². The lowest BCUT2D eigenvalue weighted by Gasteiger charge is -2.32. The first-order valence-corrected chi connectivity index (χ1v) is 12.6. The second-order valence-corrected chi connectivity index (χ2v) is 9.76. The standard InChI is InChI=1S/C26H28FN3O5S/c1-19(26(32)28-2)29(17-20-11-7-8-14-22(20)27)25(31)18-30(23-15-9-10-16-24(23)35-3)36(33,34)21-12-5-4-6-13-21/h4-16,19H,17-18H2,1-3H3,(H,28,32)/t19-/m1/s1. The van der Waals surface area contributed by atoms with Gasteiger partial charge >= 0.3 is 0 Å². The largest absolute Gasteiger partial charge is 0.495 e. The second-order valence-electron chi connectivity index (χ2n) is 7.90. The third-order valence-corrected chi connectivity index (χ3v) is 7.45. The van der Waals surface area contributed by atoms with Crippen molar-refractivity contribution in [3.8, 4) is 5.75 Å². The van der Waals surface area contributed by atoms with E-state index in [9.17, 15) is 22.4 Å². The highest BCUT2D eigenvalue weighted by Gasteiger charge is 2.33. The Morgan fingerprint density at radius 1 is 0.972 bits per heavy atom. The lowest BCUT2D eigenvalue weighted by Crippen LogP contribution is -2.50. The molecule has 0 bridgehead atoms. The molecule has 0 aliphatic carbocycles. The number of hydrogen-bond donors (Lipinski definition) is 1. The summed E-state index contributed by atoms with van der Waals surface area (Å²) >= 11 is 0. The minimum atomic E-state index is -4.22. The molecule has 0 spiro atoms. The number of nitrogens with one attached hydrogen (secondary N) is 1. The number of hydrogen-bond acceptors (Lipinski definition) is 5. The van der Waals surface area contributed by atoms with Crippen LogP contribution in [0.4, 0.5) is 10.1 Å². The molecule has 0 radical (unpaired) electrons. The Hall–Kier alpha value is -3.92. The molecule has 3 aromatic rings. The Morgan fingerprint density at radius 2 is 1.58 bits per heavy atom. The Bertz CT molecular complexity index is 1320. The van der Waals surface area contributed by atoms with E-state index in [4.69, 9.17) is 4.74 Å². The number of para-hydroxylation sites is 2. The van der Waals surface area contributed by atoms with Gasteiger partial charge in [-0.05, 0) is 37.3 Å². The predicted octanol–water partition coefficient (Wildman–Crippen LogP) is 3.19. The monoisotopic (exact) mass is 513 g/mol. The molecule has 0 aliphatic heterocycles. The maximum absolute atomic E-state index is 14.4. The normalized spacial score (nSPS) is 11.9. The number of rotatable bonds is 10. The van der Waals surface area contributed by atoms with Crippen LogP contribution in [0.25, 0.3) is 0 Å². The first kappa shape index (κ1) is 26.7. The second kappa shape index (κ2) is 11.7. The molecule has 1 N–H and O–H groups in total. The van der Waals surface area contributed by atoms with Gasteiger partial charge in [0.1, 0.15) is 24.2 Å². The maximum atomic E-state index is 14.4. The summed E-state index contributed by atoms with van der Waals surface area (Å²) < 4.78 is 48.1. The zero-order valence-electron chi connectivity index (χ0n) is 20.2. The lowest BCUT2D eigenvalue weighted by molar-refractivity contribution is -0.139. The third-order valence-electron chi connectivity index (χ3n) is 5.68. The first-order chi connectivity index (χ1) is 17.2. The van der Waals surface area contributed by atoms with Crippen LogP contribution in [-0.4, -0.2) is 51.9 Å². The molecular weight excluding hydrogens is 485 g/mol. The van der Waals surface area contributed by atoms with Crippen LogP contribution < -0.4 is 14.4 Å². The number of benzene rings is 3. The molecule has 190 valence electrons. The van der Waals surface area contributed by atoms with Gasteiger partial charge in [0.15, 0.2) is 0 Å². The van der Waals surface area contributed by atoms with E-state index in [1.165, 1.54) is 57.5 Å². The van der Waals surface area contributed by atoms with E-state index in [1.807, 2.05) is 0 Å². The van der Waals surface area contributed by atoms with Crippen LogP contribution in [0.5, 0.6) is 5.75 Å². The number of sulfonamides is 1. The van der Waals surface area contributed by atoms with Gasteiger partial charge in [0.2, 0.25) is 11.8 Å². The third kappa shape index (κ3) is 5.83. The summed E-state index contributed by atoms with van der Waals surface area (Å²) in [5, 5.41) is 2.48. The number of carbonyl (C=O) groups is 2. The summed E-state index contributed by atoms with van der Waals surface area (Å²) in [5.41, 5.74) is 0.340. The highest BCUT2D eigenvalue weighted by molar-refractivity contribution is 7.92. The molecule has 0 heterocycles. The Kier molecular flexibility index (Phi) is 8.65. The molecule has 3 rings (SSSR count). The van der Waals surface area contributed by atoms with E-state index in [2.05, 4.69) is 5.32 Å². The van der Waals surface area contributed by atoms with Gasteiger partial charge in [0, 0.05) is 19.2 Å². The van der Waals surface area contributed by atoms with Gasteiger partial charge in [-0.25, -0.2) is 12.8 Å². The number of anilines is 1. The van der Waals surface area contributed by atoms with Crippen LogP contribution >= 0.6 is 0 Å². The van der Waals surface area contributed by atoms with Gasteiger partial charge in [-0.3, -0.25) is 13.9 Å². The molecule has 36 heavy (non-hydrogen) atoms. The molecule has 0 aromatic heterocycles. The zero-order chi connectivity index (χ0) is 26.3. The average molecular weight is 514 g/mol. The van der Waals surface area contributed by atoms with Gasteiger partial charge in [-0.15, -0.1) is 0 Å². The van der Waals surface area contributed by atoms with Crippen molar-refractivity contribution in [3.63, 3.8) is 0 Å². The highest BCUT2D eigenvalue weighted by Crippen LogP contribution is 2.32. The molecule has 0 aliphatic rings. The lowest BCUT2D eigenvalue weighted by atomic mass is 10.1. The van der Waals surface area contributed by atoms with Gasteiger partial charge in [-0.1, -0.05) is 48.5 Å². The van der Waals surface area contributed by atoms with Crippen LogP contribution in [0.3, 0.4) is 0 Å². The van der Waals surface area contributed by atoms with E-state index in [0.717, 1.165) is 9.21 Å². The first-order valence-electron chi connectivity index (χ1n) is 11.2. The predicted molar refractivity (Wildman–Crippen MR) is 134 cm³/mol. The van der Waals surface area contributed by atoms with Crippen LogP contribution in [0.15, 0.2) is 83.8 Å². The topological polar surface area (TPSA) is 96.0 Å². The van der Waals surface area contributed by atoms with Gasteiger partial charge < -0.3 is 15.0 Å². The van der Waals surface area contributed by atoms with Crippen molar-refractivity contribution in [2.24, 2.45) is 0 Å². The Balaban J connectivity index is 2.07. The quantitative estimate of drug-likeness (QED) is 0.449. The molecule has 0 unspecified atom stereocenters. The van der Waals surface area contributed by atoms with E-state index in [-0.39, 0.29) is 28.4 Å². The highest BCUT2D eigenvalue weighted by atomic mass is 32.2. The fraction of sp³-hybridized carbons (Fsp3) is 0.231. The summed E-state index contributed by atoms with van der Waals surface area (Å²) in [7, 11) is -1.40. The van der Waals surface area contributed by atoms with Gasteiger partial charge in [0.25, 0.3) is 10.0 Å². The van der Waals surface area contributed by atoms with Crippen molar-refractivity contribution >= 4 is 27.5 Å². The van der Waals surface area contributed by atoms with Crippen molar-refractivity contribution < 1.29 is 27.1 Å². The smallest absolute Gasteiger partial charge is 0.264 e. The van der Waals surface area contributed by atoms with E-state index >= 15 is 0 Å². The van der Waals surface area contributed by atoms with Crippen LogP contribution in [-0.2, 0) is 26.2 Å². The summed E-state index contributed by atoms with van der Waals surface area (Å²) in [6, 6.07) is 19.0. The number of ether oxygens (including phenoxy) is 1. The van der Waals surface area contributed by atoms with Crippen LogP contribution in [0.2, 0.25) is 0 Å². The van der Waals surface area contributed by atoms with Crippen molar-refractivity contribution in [2.75, 3.05) is 25.0 Å². The SMILES string of the molecule is CNC(=O)[C@@H](C)N(Cc1ccccc1F)C(=O)CN(c1ccccc1OC)S(=O)(=O)c1ccccc1. The Labute approximate surface area is 210 Å². The minimum Gasteiger partial charge on any atom is -0.495 e. The molecule has 2 amide bonds. The van der Waals surface area contributed by atoms with E-state index < -0.39 is 40.2 Å². The van der Waals surface area contributed by atoms with Crippen molar-refractivity contribution in [3.05, 3.63) is 90.2 Å². The van der Waals surface area contributed by atoms with Gasteiger partial charge in [-0.2, -0.15) is 0 Å². The van der Waals surface area contributed by atoms with Crippen molar-refractivity contribution in [2.45, 2.75) is 24.4 Å². The number of halogens is 1. The molecule has 3 aromatic carbocycles. The summed E-state index contributed by atoms with van der Waals surface area (Å²) in [6.45, 7) is 0.620. The number of amides is 2. The number of nitrogens with zero attached hydrogens (tertiary/aromatic N) is 2. The van der Waals surface area contributed by atoms with Crippen molar-refractivity contribution in [1.82, 2.24) is 10.2 Å². The molecular formula is C26H28FN3O5S. The van der Waals surface area contributed by atoms with E-state index in [1.54, 1.807) is 42.5 Å². The summed E-state index contributed by atoms with van der Waals surface area (Å²) in [6.07, 6.45) is 0. The summed E-state index contributed by atoms with van der Waals surface area (Å²) in [5.74, 6) is -1.48. The molecule has 8 nitrogen and oxygen atoms in total. The molecule has 10 heteroatoms. The fourth-order valence-electron chi connectivity index (χ4n) is 3.67.